The summed E-state index contributed by atoms with van der Waals surface area (Å²) in [6, 6.07) is 2.41. The van der Waals surface area contributed by atoms with Crippen LogP contribution in [0.5, 0.6) is 0 Å². The second-order valence-corrected chi connectivity index (χ2v) is 6.09. The van der Waals surface area contributed by atoms with Gasteiger partial charge in [0, 0.05) is 12.3 Å². The predicted molar refractivity (Wildman–Crippen MR) is 96.0 cm³/mol. The van der Waals surface area contributed by atoms with Gasteiger partial charge in [-0.05, 0) is 25.9 Å². The van der Waals surface area contributed by atoms with Crippen molar-refractivity contribution in [3.8, 4) is 0 Å². The number of hydrogen-bond donors (Lipinski definition) is 3. The van der Waals surface area contributed by atoms with Gasteiger partial charge in [-0.3, -0.25) is 14.4 Å². The Balaban J connectivity index is 0.000000487. The Kier molecular flexibility index (Phi) is 9.35. The molecule has 0 atom stereocenters. The first-order chi connectivity index (χ1) is 12.4. The van der Waals surface area contributed by atoms with Gasteiger partial charge in [0.2, 0.25) is 5.91 Å². The van der Waals surface area contributed by atoms with E-state index in [0.29, 0.717) is 18.4 Å². The highest BCUT2D eigenvalue weighted by atomic mass is 16.4. The number of nitrogens with one attached hydrogen (secondary N) is 1. The summed E-state index contributed by atoms with van der Waals surface area (Å²) in [6.45, 7) is 6.34. The summed E-state index contributed by atoms with van der Waals surface area (Å²) in [7, 11) is 0. The molecule has 1 amide bonds. The van der Waals surface area contributed by atoms with Crippen molar-refractivity contribution in [1.29, 1.82) is 0 Å². The number of anilines is 1. The number of hydrogen-bond acceptors (Lipinski definition) is 5. The molecular weight excluding hydrogens is 340 g/mol. The molecule has 0 radical (unpaired) electrons. The number of carbonyl (C=O) groups excluding carboxylic acids is 1. The van der Waals surface area contributed by atoms with Gasteiger partial charge < -0.3 is 15.5 Å². The maximum absolute atomic E-state index is 11.9. The molecule has 0 unspecified atom stereocenters. The molecule has 0 bridgehead atoms. The third kappa shape index (κ3) is 7.64. The molecule has 2 rings (SSSR count). The Labute approximate surface area is 153 Å². The molecule has 1 heterocycles. The van der Waals surface area contributed by atoms with Crippen LogP contribution in [0.15, 0.2) is 12.3 Å². The van der Waals surface area contributed by atoms with Crippen LogP contribution in [-0.2, 0) is 14.4 Å². The van der Waals surface area contributed by atoms with Gasteiger partial charge in [0.1, 0.15) is 0 Å². The van der Waals surface area contributed by atoms with Gasteiger partial charge in [0.15, 0.2) is 5.82 Å². The summed E-state index contributed by atoms with van der Waals surface area (Å²) in [4.78, 5) is 32.2. The van der Waals surface area contributed by atoms with E-state index in [1.54, 1.807) is 0 Å². The first kappa shape index (κ1) is 21.6. The van der Waals surface area contributed by atoms with E-state index in [2.05, 4.69) is 29.2 Å². The lowest BCUT2D eigenvalue weighted by atomic mass is 9.96. The number of aromatic nitrogens is 2. The summed E-state index contributed by atoms with van der Waals surface area (Å²) < 4.78 is 2.02. The molecule has 26 heavy (non-hydrogen) atoms. The highest BCUT2D eigenvalue weighted by molar-refractivity contribution is 6.27. The van der Waals surface area contributed by atoms with Crippen LogP contribution in [0, 0.1) is 0 Å². The quantitative estimate of drug-likeness (QED) is 0.654. The Bertz CT molecular complexity index is 580. The lowest BCUT2D eigenvalue weighted by Crippen LogP contribution is -2.33. The molecule has 1 aromatic heterocycles. The normalized spacial score (nSPS) is 14.4. The molecule has 1 aromatic rings. The molecule has 0 aliphatic heterocycles. The van der Waals surface area contributed by atoms with Crippen LogP contribution in [0.25, 0.3) is 0 Å². The summed E-state index contributed by atoms with van der Waals surface area (Å²) in [6.07, 6.45) is 8.31. The first-order valence-corrected chi connectivity index (χ1v) is 8.90. The molecule has 1 aliphatic carbocycles. The number of aliphatic carboxylic acids is 2. The zero-order valence-electron chi connectivity index (χ0n) is 15.3. The fourth-order valence-electron chi connectivity index (χ4n) is 2.79. The molecule has 1 aliphatic rings. The average Bonchev–Trinajstić information content (AvgIpc) is 3.09. The minimum Gasteiger partial charge on any atom is -0.473 e. The van der Waals surface area contributed by atoms with Gasteiger partial charge >= 0.3 is 11.9 Å². The number of carboxylic acid groups (broad SMARTS) is 2. The third-order valence-corrected chi connectivity index (χ3v) is 4.27. The van der Waals surface area contributed by atoms with E-state index in [1.807, 2.05) is 16.9 Å². The SMILES string of the molecule is CCN(CC)CC(=O)Nc1ccn(C2CCCCC2)n1.O=C(O)C(=O)O. The van der Waals surface area contributed by atoms with Crippen molar-refractivity contribution >= 4 is 23.7 Å². The number of nitrogens with zero attached hydrogens (tertiary/aromatic N) is 3. The largest absolute Gasteiger partial charge is 0.473 e. The van der Waals surface area contributed by atoms with Gasteiger partial charge in [-0.25, -0.2) is 9.59 Å². The van der Waals surface area contributed by atoms with Gasteiger partial charge in [0.25, 0.3) is 0 Å². The number of rotatable bonds is 6. The maximum Gasteiger partial charge on any atom is 0.414 e. The molecule has 9 nitrogen and oxygen atoms in total. The van der Waals surface area contributed by atoms with Crippen molar-refractivity contribution in [2.24, 2.45) is 0 Å². The van der Waals surface area contributed by atoms with E-state index in [9.17, 15) is 4.79 Å². The van der Waals surface area contributed by atoms with Crippen LogP contribution in [-0.4, -0.2) is 62.4 Å². The number of likely N-dealkylation sites (N-methyl/N-ethyl adjacent to an activating group) is 1. The zero-order valence-corrected chi connectivity index (χ0v) is 15.3. The zero-order chi connectivity index (χ0) is 19.5. The number of amides is 1. The molecule has 0 saturated heterocycles. The van der Waals surface area contributed by atoms with Crippen molar-refractivity contribution in [2.75, 3.05) is 25.0 Å². The van der Waals surface area contributed by atoms with Crippen molar-refractivity contribution < 1.29 is 24.6 Å². The predicted octanol–water partition coefficient (Wildman–Crippen LogP) is 1.82. The van der Waals surface area contributed by atoms with Crippen molar-refractivity contribution in [1.82, 2.24) is 14.7 Å². The van der Waals surface area contributed by atoms with Crippen LogP contribution in [0.2, 0.25) is 0 Å². The standard InChI is InChI=1S/C15H26N4O.C2H2O4/c1-3-18(4-2)12-15(20)16-14-10-11-19(17-14)13-8-6-5-7-9-13;3-1(4)2(5)6/h10-11,13H,3-9,12H2,1-2H3,(H,16,17,20);(H,3,4)(H,5,6). The number of carboxylic acids is 2. The molecular formula is C17H28N4O5. The van der Waals surface area contributed by atoms with Crippen molar-refractivity contribution in [3.05, 3.63) is 12.3 Å². The second kappa shape index (κ2) is 11.2. The van der Waals surface area contributed by atoms with Gasteiger partial charge in [-0.2, -0.15) is 5.10 Å². The topological polar surface area (TPSA) is 125 Å². The summed E-state index contributed by atoms with van der Waals surface area (Å²) in [5, 5.41) is 22.2. The molecule has 146 valence electrons. The molecule has 1 fully saturated rings. The van der Waals surface area contributed by atoms with E-state index in [-0.39, 0.29) is 5.91 Å². The van der Waals surface area contributed by atoms with Crippen molar-refractivity contribution in [3.63, 3.8) is 0 Å². The van der Waals surface area contributed by atoms with E-state index in [0.717, 1.165) is 13.1 Å². The summed E-state index contributed by atoms with van der Waals surface area (Å²) in [5.74, 6) is -2.96. The second-order valence-electron chi connectivity index (χ2n) is 6.09. The molecule has 3 N–H and O–H groups in total. The van der Waals surface area contributed by atoms with Gasteiger partial charge in [-0.1, -0.05) is 33.1 Å². The van der Waals surface area contributed by atoms with Crippen LogP contribution < -0.4 is 5.32 Å². The Morgan fingerprint density at radius 1 is 1.15 bits per heavy atom. The average molecular weight is 368 g/mol. The third-order valence-electron chi connectivity index (χ3n) is 4.27. The Morgan fingerprint density at radius 3 is 2.23 bits per heavy atom. The summed E-state index contributed by atoms with van der Waals surface area (Å²) in [5.41, 5.74) is 0. The monoisotopic (exact) mass is 368 g/mol. The maximum atomic E-state index is 11.9. The Morgan fingerprint density at radius 2 is 1.73 bits per heavy atom. The fraction of sp³-hybridized carbons (Fsp3) is 0.647. The molecule has 0 aromatic carbocycles. The van der Waals surface area contributed by atoms with Gasteiger partial charge in [-0.15, -0.1) is 0 Å². The minimum atomic E-state index is -1.82. The van der Waals surface area contributed by atoms with Crippen LogP contribution in [0.4, 0.5) is 5.82 Å². The number of carbonyl (C=O) groups is 3. The molecule has 9 heteroatoms. The highest BCUT2D eigenvalue weighted by Gasteiger charge is 2.16. The molecule has 1 saturated carbocycles. The van der Waals surface area contributed by atoms with E-state index < -0.39 is 11.9 Å². The van der Waals surface area contributed by atoms with E-state index >= 15 is 0 Å². The van der Waals surface area contributed by atoms with Crippen LogP contribution in [0.3, 0.4) is 0 Å². The van der Waals surface area contributed by atoms with Gasteiger partial charge in [0.05, 0.1) is 12.6 Å². The first-order valence-electron chi connectivity index (χ1n) is 8.90. The van der Waals surface area contributed by atoms with E-state index in [4.69, 9.17) is 19.8 Å². The fourth-order valence-corrected chi connectivity index (χ4v) is 2.79. The van der Waals surface area contributed by atoms with Crippen LogP contribution in [0.1, 0.15) is 52.0 Å². The van der Waals surface area contributed by atoms with E-state index in [1.165, 1.54) is 32.1 Å². The summed E-state index contributed by atoms with van der Waals surface area (Å²) >= 11 is 0. The minimum absolute atomic E-state index is 0.0163. The molecule has 0 spiro atoms. The lowest BCUT2D eigenvalue weighted by Gasteiger charge is -2.21. The Hall–Kier alpha value is -2.42. The van der Waals surface area contributed by atoms with Crippen molar-refractivity contribution in [2.45, 2.75) is 52.0 Å². The smallest absolute Gasteiger partial charge is 0.414 e. The lowest BCUT2D eigenvalue weighted by molar-refractivity contribution is -0.159. The highest BCUT2D eigenvalue weighted by Crippen LogP contribution is 2.27. The van der Waals surface area contributed by atoms with Crippen LogP contribution >= 0.6 is 0 Å².